The van der Waals surface area contributed by atoms with Gasteiger partial charge in [0.15, 0.2) is 24.5 Å². The van der Waals surface area contributed by atoms with Crippen LogP contribution < -0.4 is 0 Å². The Morgan fingerprint density at radius 2 is 1.11 bits per heavy atom. The molecule has 3 aliphatic heterocycles. The van der Waals surface area contributed by atoms with Gasteiger partial charge < -0.3 is 79.5 Å². The summed E-state index contributed by atoms with van der Waals surface area (Å²) in [4.78, 5) is 34.5. The predicted octanol–water partition coefficient (Wildman–Crippen LogP) is -6.61. The van der Waals surface area contributed by atoms with E-state index in [1.807, 2.05) is 0 Å². The Kier molecular flexibility index (Phi) is 20.2. The van der Waals surface area contributed by atoms with E-state index in [0.717, 1.165) is 0 Å². The third kappa shape index (κ3) is 10.4. The Morgan fingerprint density at radius 1 is 0.614 bits per heavy atom. The second kappa shape index (κ2) is 19.8. The van der Waals surface area contributed by atoms with Crippen molar-refractivity contribution in [2.75, 3.05) is 19.8 Å². The van der Waals surface area contributed by atoms with E-state index in [-0.39, 0.29) is 88.7 Å². The molecule has 13 atom stereocenters. The number of hydrogen-bond donors (Lipinski definition) is 10. The number of aliphatic hydroxyl groups is 7. The van der Waals surface area contributed by atoms with E-state index in [4.69, 9.17) is 33.5 Å². The summed E-state index contributed by atoms with van der Waals surface area (Å²) in [5, 5.41) is 98.3. The monoisotopic (exact) mass is 671 g/mol. The van der Waals surface area contributed by atoms with Gasteiger partial charge in [-0.25, -0.2) is 4.79 Å². The topological polar surface area (TPSA) is 309 Å². The Bertz CT molecular complexity index is 933. The molecule has 3 fully saturated rings. The second-order valence-electron chi connectivity index (χ2n) is 9.72. The maximum atomic E-state index is 12.0. The molecule has 0 spiro atoms. The average molecular weight is 671 g/mol. The largest absolute Gasteiger partial charge is 0.481 e. The maximum absolute atomic E-state index is 12.0. The van der Waals surface area contributed by atoms with Crippen LogP contribution in [0.15, 0.2) is 0 Å². The number of hydrogen-bond acceptors (Lipinski definition) is 16. The van der Waals surface area contributed by atoms with Gasteiger partial charge in [-0.1, -0.05) is 0 Å². The minimum atomic E-state index is -2.67. The molecule has 3 heterocycles. The van der Waals surface area contributed by atoms with E-state index >= 15 is 0 Å². The smallest absolute Gasteiger partial charge is 0.336 e. The third-order valence-corrected chi connectivity index (χ3v) is 6.94. The van der Waals surface area contributed by atoms with Crippen LogP contribution >= 0.6 is 0 Å². The van der Waals surface area contributed by atoms with Gasteiger partial charge in [0.1, 0.15) is 54.9 Å². The second-order valence-corrected chi connectivity index (χ2v) is 9.72. The standard InChI is InChI=1S/C22H34O19.3Na/c23-4-7-12(30)14(32)18(36-7)40-17-13(31)8(5-24)37-20(17)39-16-9(6-25)38-19(15(16)33)41-22(21(34)35,3-11(28)29)2-1-10(26)27;;;/h7-9,12-20,23-25,30-33H,1-6H2,(H,26,27)(H,28,29)(H,34,35);;;. The summed E-state index contributed by atoms with van der Waals surface area (Å²) in [7, 11) is 0. The van der Waals surface area contributed by atoms with E-state index in [9.17, 15) is 60.3 Å². The molecule has 0 aromatic rings. The van der Waals surface area contributed by atoms with Crippen LogP contribution in [0.2, 0.25) is 0 Å². The summed E-state index contributed by atoms with van der Waals surface area (Å²) in [5.41, 5.74) is -2.67. The van der Waals surface area contributed by atoms with Crippen molar-refractivity contribution >= 4 is 107 Å². The number of aliphatic hydroxyl groups excluding tert-OH is 7. The van der Waals surface area contributed by atoms with Crippen molar-refractivity contribution < 1.29 is 93.9 Å². The normalized spacial score (nSPS) is 37.7. The van der Waals surface area contributed by atoms with Crippen molar-refractivity contribution in [1.82, 2.24) is 0 Å². The number of ether oxygens (including phenoxy) is 6. The molecule has 3 aliphatic rings. The SMILES string of the molecule is O=C(O)CCC(CC(=O)O)(OC1OC(CO)C(OC2OC(CO)C(O)C2OC2OC(CO)C(O)C2O)C1O)C(=O)O.[Na].[Na].[Na]. The number of carboxylic acid groups (broad SMARTS) is 3. The van der Waals surface area contributed by atoms with Crippen molar-refractivity contribution in [1.29, 1.82) is 0 Å². The molecule has 239 valence electrons. The molecule has 10 N–H and O–H groups in total. The summed E-state index contributed by atoms with van der Waals surface area (Å²) in [6.45, 7) is -2.30. The molecular formula is C22H34Na3O19. The molecule has 0 aromatic carbocycles. The first-order valence-electron chi connectivity index (χ1n) is 12.5. The van der Waals surface area contributed by atoms with Crippen LogP contribution in [-0.4, -0.2) is 257 Å². The fraction of sp³-hybridized carbons (Fsp3) is 0.864. The number of rotatable bonds is 15. The zero-order chi connectivity index (χ0) is 30.6. The number of aliphatic carboxylic acids is 3. The van der Waals surface area contributed by atoms with Crippen molar-refractivity contribution in [2.45, 2.75) is 98.7 Å². The number of carbonyl (C=O) groups is 3. The molecule has 44 heavy (non-hydrogen) atoms. The van der Waals surface area contributed by atoms with Crippen LogP contribution in [0, 0.1) is 0 Å². The summed E-state index contributed by atoms with van der Waals surface area (Å²) in [6, 6.07) is 0. The van der Waals surface area contributed by atoms with Gasteiger partial charge >= 0.3 is 17.9 Å². The summed E-state index contributed by atoms with van der Waals surface area (Å²) in [6.07, 6.45) is -22.1. The molecule has 13 unspecified atom stereocenters. The Labute approximate surface area is 316 Å². The molecule has 3 saturated heterocycles. The molecule has 3 radical (unpaired) electrons. The fourth-order valence-corrected chi connectivity index (χ4v) is 4.71. The van der Waals surface area contributed by atoms with E-state index < -0.39 is 136 Å². The van der Waals surface area contributed by atoms with Crippen molar-refractivity contribution in [3.05, 3.63) is 0 Å². The van der Waals surface area contributed by atoms with Crippen LogP contribution in [0.4, 0.5) is 0 Å². The van der Waals surface area contributed by atoms with Gasteiger partial charge in [0.2, 0.25) is 0 Å². The first-order valence-corrected chi connectivity index (χ1v) is 12.5. The van der Waals surface area contributed by atoms with Crippen molar-refractivity contribution in [2.24, 2.45) is 0 Å². The predicted molar refractivity (Wildman–Crippen MR) is 139 cm³/mol. The quantitative estimate of drug-likeness (QED) is 0.0724. The van der Waals surface area contributed by atoms with Crippen LogP contribution in [0.3, 0.4) is 0 Å². The molecule has 0 bridgehead atoms. The minimum Gasteiger partial charge on any atom is -0.481 e. The third-order valence-electron chi connectivity index (χ3n) is 6.94. The molecule has 0 aromatic heterocycles. The summed E-state index contributed by atoms with van der Waals surface area (Å²) >= 11 is 0. The molecule has 3 rings (SSSR count). The van der Waals surface area contributed by atoms with E-state index in [2.05, 4.69) is 0 Å². The van der Waals surface area contributed by atoms with Gasteiger partial charge in [0, 0.05) is 95.1 Å². The van der Waals surface area contributed by atoms with Gasteiger partial charge in [-0.2, -0.15) is 0 Å². The van der Waals surface area contributed by atoms with Crippen LogP contribution in [0.5, 0.6) is 0 Å². The number of carboxylic acids is 3. The molecule has 19 nitrogen and oxygen atoms in total. The van der Waals surface area contributed by atoms with E-state index in [1.54, 1.807) is 0 Å². The Balaban J connectivity index is 0.00000616. The van der Waals surface area contributed by atoms with Gasteiger partial charge in [0.05, 0.1) is 26.2 Å². The van der Waals surface area contributed by atoms with Crippen molar-refractivity contribution in [3.63, 3.8) is 0 Å². The minimum absolute atomic E-state index is 0. The zero-order valence-electron chi connectivity index (χ0n) is 24.3. The molecule has 22 heteroatoms. The van der Waals surface area contributed by atoms with Crippen LogP contribution in [-0.2, 0) is 42.8 Å². The molecule has 0 amide bonds. The molecule has 0 saturated carbocycles. The average Bonchev–Trinajstić information content (AvgIpc) is 3.48. The molecular weight excluding hydrogens is 637 g/mol. The van der Waals surface area contributed by atoms with Gasteiger partial charge in [0.25, 0.3) is 0 Å². The molecule has 0 aliphatic carbocycles. The fourth-order valence-electron chi connectivity index (χ4n) is 4.71. The van der Waals surface area contributed by atoms with Gasteiger partial charge in [-0.05, 0) is 6.42 Å². The summed E-state index contributed by atoms with van der Waals surface area (Å²) in [5.74, 6) is -4.98. The van der Waals surface area contributed by atoms with E-state index in [1.165, 1.54) is 0 Å². The zero-order valence-corrected chi connectivity index (χ0v) is 30.3. The van der Waals surface area contributed by atoms with Crippen LogP contribution in [0.1, 0.15) is 19.3 Å². The first kappa shape index (κ1) is 44.9. The van der Waals surface area contributed by atoms with E-state index in [0.29, 0.717) is 0 Å². The van der Waals surface area contributed by atoms with Crippen LogP contribution in [0.25, 0.3) is 0 Å². The van der Waals surface area contributed by atoms with Gasteiger partial charge in [-0.15, -0.1) is 0 Å². The first-order chi connectivity index (χ1) is 19.3. The maximum Gasteiger partial charge on any atom is 0.336 e. The van der Waals surface area contributed by atoms with Gasteiger partial charge in [-0.3, -0.25) is 9.59 Å². The summed E-state index contributed by atoms with van der Waals surface area (Å²) < 4.78 is 32.6. The van der Waals surface area contributed by atoms with Crippen molar-refractivity contribution in [3.8, 4) is 0 Å². The Morgan fingerprint density at radius 3 is 1.59 bits per heavy atom. The Hall–Kier alpha value is 0.890.